The standard InChI is InChI=1S/C10H8N4O2/c1-16-6-2-3-8-7(4-6)11-5-9-12-13-10(15)14(8)9/h2-5H,1H3,(H,13,15). The van der Waals surface area contributed by atoms with Crippen LogP contribution in [0, 0.1) is 0 Å². The van der Waals surface area contributed by atoms with Crippen LogP contribution < -0.4 is 4.74 Å². The fourth-order valence-electron chi connectivity index (χ4n) is 1.65. The zero-order valence-electron chi connectivity index (χ0n) is 8.45. The first-order chi connectivity index (χ1) is 7.79. The van der Waals surface area contributed by atoms with Gasteiger partial charge in [0.2, 0.25) is 0 Å². The maximum Gasteiger partial charge on any atom is 0.319 e. The Morgan fingerprint density at radius 2 is 2.19 bits per heavy atom. The number of benzene rings is 1. The third-order valence-corrected chi connectivity index (χ3v) is 2.41. The molecule has 1 N–H and O–H groups in total. The van der Waals surface area contributed by atoms with Crippen molar-refractivity contribution in [2.24, 2.45) is 0 Å². The van der Waals surface area contributed by atoms with Crippen molar-refractivity contribution < 1.29 is 9.84 Å². The van der Waals surface area contributed by atoms with E-state index in [0.717, 1.165) is 5.52 Å². The van der Waals surface area contributed by atoms with Crippen LogP contribution in [-0.2, 0) is 0 Å². The molecule has 16 heavy (non-hydrogen) atoms. The normalized spacial score (nSPS) is 11.1. The molecule has 1 aromatic carbocycles. The summed E-state index contributed by atoms with van der Waals surface area (Å²) in [4.78, 5) is 4.22. The van der Waals surface area contributed by atoms with Gasteiger partial charge in [0.1, 0.15) is 5.75 Å². The minimum absolute atomic E-state index is 0.146. The molecule has 0 aliphatic carbocycles. The van der Waals surface area contributed by atoms with Gasteiger partial charge in [0, 0.05) is 6.07 Å². The number of hydrogen-bond donors (Lipinski definition) is 1. The van der Waals surface area contributed by atoms with E-state index < -0.39 is 0 Å². The zero-order valence-corrected chi connectivity index (χ0v) is 8.45. The lowest BCUT2D eigenvalue weighted by Crippen LogP contribution is -1.91. The van der Waals surface area contributed by atoms with Gasteiger partial charge < -0.3 is 9.84 Å². The van der Waals surface area contributed by atoms with Gasteiger partial charge in [0.25, 0.3) is 0 Å². The van der Waals surface area contributed by atoms with Gasteiger partial charge in [-0.2, -0.15) is 0 Å². The summed E-state index contributed by atoms with van der Waals surface area (Å²) in [5.74, 6) is 0.715. The second-order valence-electron chi connectivity index (χ2n) is 3.31. The van der Waals surface area contributed by atoms with Gasteiger partial charge in [-0.15, -0.1) is 5.10 Å². The molecule has 0 atom stereocenters. The lowest BCUT2D eigenvalue weighted by molar-refractivity contribution is 0.415. The Balaban J connectivity index is 2.46. The highest BCUT2D eigenvalue weighted by atomic mass is 16.5. The molecule has 0 aliphatic heterocycles. The van der Waals surface area contributed by atoms with Crippen LogP contribution in [0.25, 0.3) is 16.7 Å². The van der Waals surface area contributed by atoms with E-state index in [4.69, 9.17) is 4.74 Å². The molecule has 0 amide bonds. The third kappa shape index (κ3) is 1.10. The van der Waals surface area contributed by atoms with E-state index in [0.29, 0.717) is 16.9 Å². The number of nitrogens with zero attached hydrogens (tertiary/aromatic N) is 4. The Morgan fingerprint density at radius 3 is 3.00 bits per heavy atom. The maximum atomic E-state index is 9.57. The monoisotopic (exact) mass is 216 g/mol. The average Bonchev–Trinajstić information content (AvgIpc) is 2.70. The molecule has 0 radical (unpaired) electrons. The summed E-state index contributed by atoms with van der Waals surface area (Å²) in [6.07, 6.45) is 1.55. The first-order valence-corrected chi connectivity index (χ1v) is 4.66. The number of rotatable bonds is 1. The minimum atomic E-state index is -0.146. The summed E-state index contributed by atoms with van der Waals surface area (Å²) in [6, 6.07) is 5.24. The molecule has 80 valence electrons. The number of hydrogen-bond acceptors (Lipinski definition) is 5. The van der Waals surface area contributed by atoms with Gasteiger partial charge in [0.05, 0.1) is 24.3 Å². The predicted octanol–water partition coefficient (Wildman–Crippen LogP) is 0.992. The molecule has 0 fully saturated rings. The lowest BCUT2D eigenvalue weighted by Gasteiger charge is -2.03. The van der Waals surface area contributed by atoms with Crippen molar-refractivity contribution in [2.45, 2.75) is 0 Å². The topological polar surface area (TPSA) is 72.5 Å². The van der Waals surface area contributed by atoms with Crippen molar-refractivity contribution in [3.63, 3.8) is 0 Å². The van der Waals surface area contributed by atoms with Crippen LogP contribution in [0.1, 0.15) is 0 Å². The number of aromatic hydroxyl groups is 1. The number of fused-ring (bicyclic) bond motifs is 3. The molecule has 3 aromatic rings. The van der Waals surface area contributed by atoms with Crippen LogP contribution >= 0.6 is 0 Å². The Morgan fingerprint density at radius 1 is 1.31 bits per heavy atom. The zero-order chi connectivity index (χ0) is 11.1. The summed E-state index contributed by atoms with van der Waals surface area (Å²) in [5.41, 5.74) is 1.96. The molecule has 6 nitrogen and oxygen atoms in total. The molecule has 0 saturated heterocycles. The van der Waals surface area contributed by atoms with Gasteiger partial charge in [-0.1, -0.05) is 5.10 Å². The van der Waals surface area contributed by atoms with Gasteiger partial charge in [0.15, 0.2) is 5.65 Å². The van der Waals surface area contributed by atoms with Crippen LogP contribution in [0.4, 0.5) is 0 Å². The Kier molecular flexibility index (Phi) is 1.70. The lowest BCUT2D eigenvalue weighted by atomic mass is 10.3. The molecule has 2 heterocycles. The van der Waals surface area contributed by atoms with E-state index >= 15 is 0 Å². The first-order valence-electron chi connectivity index (χ1n) is 4.66. The highest BCUT2D eigenvalue weighted by Gasteiger charge is 2.08. The molecule has 3 rings (SSSR count). The highest BCUT2D eigenvalue weighted by Crippen LogP contribution is 2.22. The summed E-state index contributed by atoms with van der Waals surface area (Å²) in [5, 5.41) is 16.9. The molecule has 0 bridgehead atoms. The first kappa shape index (κ1) is 8.90. The number of methoxy groups -OCH3 is 1. The van der Waals surface area contributed by atoms with Crippen LogP contribution in [-0.4, -0.2) is 31.8 Å². The second kappa shape index (κ2) is 3.06. The van der Waals surface area contributed by atoms with E-state index in [1.807, 2.05) is 0 Å². The van der Waals surface area contributed by atoms with Crippen molar-refractivity contribution in [3.05, 3.63) is 24.4 Å². The average molecular weight is 216 g/mol. The Hall–Kier alpha value is -2.37. The Bertz CT molecular complexity index is 677. The summed E-state index contributed by atoms with van der Waals surface area (Å²) < 4.78 is 6.63. The van der Waals surface area contributed by atoms with Gasteiger partial charge in [-0.3, -0.25) is 4.98 Å². The van der Waals surface area contributed by atoms with Crippen molar-refractivity contribution in [1.29, 1.82) is 0 Å². The van der Waals surface area contributed by atoms with Crippen molar-refractivity contribution >= 4 is 16.7 Å². The number of ether oxygens (including phenoxy) is 1. The van der Waals surface area contributed by atoms with Crippen LogP contribution in [0.3, 0.4) is 0 Å². The van der Waals surface area contributed by atoms with E-state index in [9.17, 15) is 5.11 Å². The molecule has 0 saturated carbocycles. The molecule has 0 aliphatic rings. The summed E-state index contributed by atoms with van der Waals surface area (Å²) >= 11 is 0. The minimum Gasteiger partial charge on any atom is -0.497 e. The van der Waals surface area contributed by atoms with Gasteiger partial charge >= 0.3 is 6.01 Å². The molecule has 0 unspecified atom stereocenters. The SMILES string of the molecule is COc1ccc2c(c1)ncc1nnc(O)n12. The summed E-state index contributed by atoms with van der Waals surface area (Å²) in [7, 11) is 1.59. The molecule has 2 aromatic heterocycles. The molecule has 6 heteroatoms. The van der Waals surface area contributed by atoms with E-state index in [1.54, 1.807) is 31.5 Å². The third-order valence-electron chi connectivity index (χ3n) is 2.41. The van der Waals surface area contributed by atoms with Gasteiger partial charge in [-0.25, -0.2) is 4.40 Å². The van der Waals surface area contributed by atoms with Crippen molar-refractivity contribution in [2.75, 3.05) is 7.11 Å². The largest absolute Gasteiger partial charge is 0.497 e. The smallest absolute Gasteiger partial charge is 0.319 e. The van der Waals surface area contributed by atoms with E-state index in [-0.39, 0.29) is 6.01 Å². The van der Waals surface area contributed by atoms with Crippen LogP contribution in [0.15, 0.2) is 24.4 Å². The fraction of sp³-hybridized carbons (Fsp3) is 0.100. The van der Waals surface area contributed by atoms with Crippen LogP contribution in [0.5, 0.6) is 11.8 Å². The van der Waals surface area contributed by atoms with E-state index in [2.05, 4.69) is 15.2 Å². The maximum absolute atomic E-state index is 9.57. The van der Waals surface area contributed by atoms with Gasteiger partial charge in [-0.05, 0) is 12.1 Å². The van der Waals surface area contributed by atoms with Crippen molar-refractivity contribution in [1.82, 2.24) is 19.6 Å². The van der Waals surface area contributed by atoms with E-state index in [1.165, 1.54) is 4.40 Å². The summed E-state index contributed by atoms with van der Waals surface area (Å²) in [6.45, 7) is 0. The molecular formula is C10H8N4O2. The quantitative estimate of drug-likeness (QED) is 0.656. The van der Waals surface area contributed by atoms with Crippen LogP contribution in [0.2, 0.25) is 0 Å². The van der Waals surface area contributed by atoms with Crippen molar-refractivity contribution in [3.8, 4) is 11.8 Å². The number of aromatic nitrogens is 4. The predicted molar refractivity (Wildman–Crippen MR) is 56.5 cm³/mol. The Labute approximate surface area is 90.1 Å². The fourth-order valence-corrected chi connectivity index (χ4v) is 1.65. The second-order valence-corrected chi connectivity index (χ2v) is 3.31. The highest BCUT2D eigenvalue weighted by molar-refractivity contribution is 5.79. The molecular weight excluding hydrogens is 208 g/mol. The molecule has 0 spiro atoms.